The van der Waals surface area contributed by atoms with Gasteiger partial charge in [-0.1, -0.05) is 0 Å². The van der Waals surface area contributed by atoms with Crippen LogP contribution in [0.3, 0.4) is 0 Å². The van der Waals surface area contributed by atoms with Crippen molar-refractivity contribution in [3.05, 3.63) is 18.1 Å². The third-order valence-corrected chi connectivity index (χ3v) is 2.49. The first kappa shape index (κ1) is 7.34. The van der Waals surface area contributed by atoms with Crippen molar-refractivity contribution in [3.8, 4) is 0 Å². The summed E-state index contributed by atoms with van der Waals surface area (Å²) in [4.78, 5) is 0.493. The molecule has 1 rings (SSSR count). The zero-order valence-corrected chi connectivity index (χ0v) is 6.70. The van der Waals surface area contributed by atoms with Crippen LogP contribution in [-0.4, -0.2) is 10.5 Å². The van der Waals surface area contributed by atoms with Gasteiger partial charge < -0.3 is 4.42 Å². The van der Waals surface area contributed by atoms with Crippen LogP contribution in [0.4, 0.5) is 0 Å². The molecule has 1 aromatic heterocycles. The predicted octanol–water partition coefficient (Wildman–Crippen LogP) is 1.62. The van der Waals surface area contributed by atoms with Gasteiger partial charge in [0.05, 0.1) is 20.9 Å². The predicted molar refractivity (Wildman–Crippen MR) is 38.5 cm³/mol. The van der Waals surface area contributed by atoms with Crippen molar-refractivity contribution in [1.82, 2.24) is 0 Å². The highest BCUT2D eigenvalue weighted by atomic mass is 32.2. The average molecular weight is 159 g/mol. The average Bonchev–Trinajstić information content (AvgIpc) is 2.11. The van der Waals surface area contributed by atoms with E-state index >= 15 is 0 Å². The zero-order chi connectivity index (χ0) is 7.78. The van der Waals surface area contributed by atoms with Crippen LogP contribution in [0.1, 0.15) is 5.76 Å². The van der Waals surface area contributed by atoms with Crippen LogP contribution < -0.4 is 0 Å². The van der Waals surface area contributed by atoms with Gasteiger partial charge in [-0.3, -0.25) is 0 Å². The van der Waals surface area contributed by atoms with Crippen molar-refractivity contribution in [3.63, 3.8) is 0 Å². The minimum Gasteiger partial charge on any atom is -0.468 e. The summed E-state index contributed by atoms with van der Waals surface area (Å²) in [6.45, 7) is 1.70. The monoisotopic (exact) mass is 159 g/mol. The van der Waals surface area contributed by atoms with Crippen LogP contribution in [0.15, 0.2) is 21.6 Å². The van der Waals surface area contributed by atoms with Gasteiger partial charge in [0.1, 0.15) is 5.76 Å². The highest BCUT2D eigenvalue weighted by Crippen LogP contribution is 2.15. The summed E-state index contributed by atoms with van der Waals surface area (Å²) in [5, 5.41) is 0. The first-order valence-electron chi connectivity index (χ1n) is 2.79. The summed E-state index contributed by atoms with van der Waals surface area (Å²) in [7, 11) is -2.58. The van der Waals surface area contributed by atoms with Gasteiger partial charge in [0.2, 0.25) is 0 Å². The molecule has 1 unspecified atom stereocenters. The molecule has 0 spiro atoms. The smallest absolute Gasteiger partial charge is 0.117 e. The van der Waals surface area contributed by atoms with Crippen LogP contribution in [0.2, 0.25) is 0 Å². The lowest BCUT2D eigenvalue weighted by molar-refractivity contribution is 0.525. The van der Waals surface area contributed by atoms with Crippen molar-refractivity contribution < 1.29 is 8.63 Å². The van der Waals surface area contributed by atoms with Crippen molar-refractivity contribution in [2.24, 2.45) is 0 Å². The molecule has 0 saturated heterocycles. The quantitative estimate of drug-likeness (QED) is 0.677. The standard InChI is InChI=1S/C6H9NO2S/c1-5-6(3-4-9-5)10(2,7)8/h3-4,7H,1-2H3. The Morgan fingerprint density at radius 1 is 1.70 bits per heavy atom. The topological polar surface area (TPSA) is 54.1 Å². The van der Waals surface area contributed by atoms with Gasteiger partial charge in [-0.15, -0.1) is 0 Å². The van der Waals surface area contributed by atoms with E-state index < -0.39 is 9.73 Å². The molecule has 0 radical (unpaired) electrons. The molecular weight excluding hydrogens is 150 g/mol. The molecule has 0 aliphatic heterocycles. The Morgan fingerprint density at radius 3 is 2.50 bits per heavy atom. The minimum absolute atomic E-state index is 0.493. The van der Waals surface area contributed by atoms with Gasteiger partial charge in [-0.25, -0.2) is 8.99 Å². The second-order valence-electron chi connectivity index (χ2n) is 2.18. The van der Waals surface area contributed by atoms with E-state index in [4.69, 9.17) is 9.20 Å². The number of furan rings is 1. The van der Waals surface area contributed by atoms with Gasteiger partial charge in [-0.05, 0) is 13.0 Å². The molecule has 1 aromatic rings. The highest BCUT2D eigenvalue weighted by Gasteiger charge is 2.08. The first-order valence-corrected chi connectivity index (χ1v) is 4.76. The number of aryl methyl sites for hydroxylation is 1. The Labute approximate surface area is 60.0 Å². The molecule has 0 fully saturated rings. The molecular formula is C6H9NO2S. The third kappa shape index (κ3) is 1.21. The zero-order valence-electron chi connectivity index (χ0n) is 5.88. The Balaban J connectivity index is 3.32. The summed E-state index contributed by atoms with van der Waals surface area (Å²) in [6.07, 6.45) is 2.83. The van der Waals surface area contributed by atoms with Gasteiger partial charge in [0.25, 0.3) is 0 Å². The number of hydrogen-bond donors (Lipinski definition) is 1. The number of hydrogen-bond acceptors (Lipinski definition) is 3. The van der Waals surface area contributed by atoms with Crippen LogP contribution in [0, 0.1) is 11.7 Å². The van der Waals surface area contributed by atoms with Gasteiger partial charge in [0.15, 0.2) is 0 Å². The van der Waals surface area contributed by atoms with Crippen molar-refractivity contribution in [2.45, 2.75) is 11.8 Å². The molecule has 56 valence electrons. The van der Waals surface area contributed by atoms with Gasteiger partial charge in [0, 0.05) is 6.26 Å². The minimum atomic E-state index is -2.58. The molecule has 0 amide bonds. The summed E-state index contributed by atoms with van der Waals surface area (Å²) in [5.41, 5.74) is 0. The molecule has 0 bridgehead atoms. The van der Waals surface area contributed by atoms with Gasteiger partial charge in [-0.2, -0.15) is 0 Å². The lowest BCUT2D eigenvalue weighted by atomic mass is 10.5. The maximum absolute atomic E-state index is 11.1. The fraction of sp³-hybridized carbons (Fsp3) is 0.333. The Morgan fingerprint density at radius 2 is 2.30 bits per heavy atom. The van der Waals surface area contributed by atoms with E-state index in [1.807, 2.05) is 0 Å². The summed E-state index contributed by atoms with van der Waals surface area (Å²) < 4.78 is 23.2. The molecule has 4 heteroatoms. The lowest BCUT2D eigenvalue weighted by Crippen LogP contribution is -1.93. The number of rotatable bonds is 1. The van der Waals surface area contributed by atoms with Crippen molar-refractivity contribution >= 4 is 9.73 Å². The second kappa shape index (κ2) is 2.12. The van der Waals surface area contributed by atoms with E-state index in [2.05, 4.69) is 0 Å². The fourth-order valence-electron chi connectivity index (χ4n) is 0.777. The summed E-state index contributed by atoms with van der Waals surface area (Å²) in [5.74, 6) is 0.572. The fourth-order valence-corrected chi connectivity index (χ4v) is 1.69. The van der Waals surface area contributed by atoms with E-state index in [-0.39, 0.29) is 0 Å². The van der Waals surface area contributed by atoms with Crippen molar-refractivity contribution in [1.29, 1.82) is 4.78 Å². The highest BCUT2D eigenvalue weighted by molar-refractivity contribution is 7.91. The maximum Gasteiger partial charge on any atom is 0.117 e. The SMILES string of the molecule is Cc1occc1S(C)(=N)=O. The van der Waals surface area contributed by atoms with Crippen LogP contribution in [0.25, 0.3) is 0 Å². The molecule has 0 saturated carbocycles. The Kier molecular flexibility index (Phi) is 1.56. The lowest BCUT2D eigenvalue weighted by Gasteiger charge is -1.94. The molecule has 1 heterocycles. The van der Waals surface area contributed by atoms with E-state index in [0.717, 1.165) is 0 Å². The normalized spacial score (nSPS) is 16.6. The Bertz CT molecular complexity index is 323. The first-order chi connectivity index (χ1) is 4.52. The molecule has 10 heavy (non-hydrogen) atoms. The molecule has 1 N–H and O–H groups in total. The maximum atomic E-state index is 11.1. The van der Waals surface area contributed by atoms with E-state index in [0.29, 0.717) is 10.7 Å². The molecule has 1 atom stereocenters. The van der Waals surface area contributed by atoms with Crippen LogP contribution >= 0.6 is 0 Å². The largest absolute Gasteiger partial charge is 0.468 e. The van der Waals surface area contributed by atoms with Crippen molar-refractivity contribution in [2.75, 3.05) is 6.26 Å². The summed E-state index contributed by atoms with van der Waals surface area (Å²) in [6, 6.07) is 1.57. The van der Waals surface area contributed by atoms with Crippen LogP contribution in [-0.2, 0) is 9.73 Å². The summed E-state index contributed by atoms with van der Waals surface area (Å²) >= 11 is 0. The Hall–Kier alpha value is -0.770. The molecule has 3 nitrogen and oxygen atoms in total. The van der Waals surface area contributed by atoms with E-state index in [1.54, 1.807) is 13.0 Å². The third-order valence-electron chi connectivity index (χ3n) is 1.23. The van der Waals surface area contributed by atoms with E-state index in [1.165, 1.54) is 12.5 Å². The van der Waals surface area contributed by atoms with Gasteiger partial charge >= 0.3 is 0 Å². The van der Waals surface area contributed by atoms with E-state index in [9.17, 15) is 4.21 Å². The second-order valence-corrected chi connectivity index (χ2v) is 4.31. The van der Waals surface area contributed by atoms with Crippen LogP contribution in [0.5, 0.6) is 0 Å². The molecule has 0 aliphatic rings. The molecule has 0 aliphatic carbocycles. The molecule has 0 aromatic carbocycles. The number of nitrogens with one attached hydrogen (secondary N) is 1.